The van der Waals surface area contributed by atoms with Gasteiger partial charge in [0.25, 0.3) is 5.91 Å². The maximum atomic E-state index is 12.0. The van der Waals surface area contributed by atoms with E-state index in [1.165, 1.54) is 18.2 Å². The Kier molecular flexibility index (Phi) is 5.44. The van der Waals surface area contributed by atoms with Gasteiger partial charge in [0.2, 0.25) is 0 Å². The molecule has 0 radical (unpaired) electrons. The molecule has 4 N–H and O–H groups in total. The van der Waals surface area contributed by atoms with Crippen molar-refractivity contribution in [2.24, 2.45) is 11.7 Å². The van der Waals surface area contributed by atoms with E-state index in [2.05, 4.69) is 19.2 Å². The summed E-state index contributed by atoms with van der Waals surface area (Å²) in [6.07, 6.45) is 0.827. The number of phenolic OH excluding ortho intramolecular Hbond substituents is 1. The lowest BCUT2D eigenvalue weighted by Gasteiger charge is -2.18. The summed E-state index contributed by atoms with van der Waals surface area (Å²) in [4.78, 5) is 12.0. The second-order valence-corrected chi connectivity index (χ2v) is 5.11. The Morgan fingerprint density at radius 1 is 1.50 bits per heavy atom. The molecule has 0 aromatic heterocycles. The maximum Gasteiger partial charge on any atom is 0.251 e. The predicted octanol–water partition coefficient (Wildman–Crippen LogP) is 2.15. The van der Waals surface area contributed by atoms with Crippen molar-refractivity contribution >= 4 is 17.5 Å². The maximum absolute atomic E-state index is 12.0. The molecule has 0 bridgehead atoms. The second kappa shape index (κ2) is 6.61. The quantitative estimate of drug-likeness (QED) is 0.767. The molecule has 0 aliphatic carbocycles. The number of benzene rings is 1. The second-order valence-electron chi connectivity index (χ2n) is 4.70. The van der Waals surface area contributed by atoms with Gasteiger partial charge >= 0.3 is 0 Å². The van der Waals surface area contributed by atoms with Gasteiger partial charge < -0.3 is 16.2 Å². The van der Waals surface area contributed by atoms with Gasteiger partial charge in [-0.25, -0.2) is 0 Å². The van der Waals surface area contributed by atoms with Crippen molar-refractivity contribution < 1.29 is 9.90 Å². The third-order valence-corrected chi connectivity index (χ3v) is 2.89. The topological polar surface area (TPSA) is 75.3 Å². The lowest BCUT2D eigenvalue weighted by atomic mass is 10.0. The van der Waals surface area contributed by atoms with Crippen LogP contribution in [0.25, 0.3) is 0 Å². The number of hydrogen-bond acceptors (Lipinski definition) is 3. The zero-order valence-electron chi connectivity index (χ0n) is 10.6. The highest BCUT2D eigenvalue weighted by Crippen LogP contribution is 2.23. The third-order valence-electron chi connectivity index (χ3n) is 2.59. The van der Waals surface area contributed by atoms with Crippen LogP contribution >= 0.6 is 11.6 Å². The summed E-state index contributed by atoms with van der Waals surface area (Å²) in [6, 6.07) is 4.32. The number of hydrogen-bond donors (Lipinski definition) is 3. The molecule has 100 valence electrons. The fourth-order valence-corrected chi connectivity index (χ4v) is 1.88. The average Bonchev–Trinajstić information content (AvgIpc) is 2.31. The average molecular weight is 271 g/mol. The lowest BCUT2D eigenvalue weighted by Crippen LogP contribution is -2.41. The van der Waals surface area contributed by atoms with Crippen LogP contribution in [0.15, 0.2) is 18.2 Å². The molecule has 0 aliphatic rings. The van der Waals surface area contributed by atoms with Crippen molar-refractivity contribution in [2.45, 2.75) is 26.3 Å². The molecule has 0 fully saturated rings. The molecule has 5 heteroatoms. The van der Waals surface area contributed by atoms with Gasteiger partial charge in [-0.15, -0.1) is 0 Å². The van der Waals surface area contributed by atoms with Crippen molar-refractivity contribution in [2.75, 3.05) is 6.54 Å². The predicted molar refractivity (Wildman–Crippen MR) is 72.9 cm³/mol. The summed E-state index contributed by atoms with van der Waals surface area (Å²) in [6.45, 7) is 4.55. The number of nitrogens with two attached hydrogens (primary N) is 1. The zero-order valence-corrected chi connectivity index (χ0v) is 11.4. The van der Waals surface area contributed by atoms with Gasteiger partial charge in [-0.05, 0) is 30.5 Å². The van der Waals surface area contributed by atoms with Crippen LogP contribution in [0.5, 0.6) is 5.75 Å². The van der Waals surface area contributed by atoms with Crippen molar-refractivity contribution in [1.29, 1.82) is 0 Å². The van der Waals surface area contributed by atoms with Crippen molar-refractivity contribution in [3.63, 3.8) is 0 Å². The zero-order chi connectivity index (χ0) is 13.7. The summed E-state index contributed by atoms with van der Waals surface area (Å²) in [7, 11) is 0. The molecule has 0 spiro atoms. The molecular formula is C13H19ClN2O2. The molecule has 1 unspecified atom stereocenters. The highest BCUT2D eigenvalue weighted by Gasteiger charge is 2.14. The Morgan fingerprint density at radius 2 is 2.17 bits per heavy atom. The van der Waals surface area contributed by atoms with Crippen molar-refractivity contribution in [3.8, 4) is 5.75 Å². The molecule has 4 nitrogen and oxygen atoms in total. The molecule has 1 amide bonds. The first kappa shape index (κ1) is 14.8. The first-order chi connectivity index (χ1) is 8.43. The highest BCUT2D eigenvalue weighted by atomic mass is 35.5. The van der Waals surface area contributed by atoms with Crippen LogP contribution < -0.4 is 11.1 Å². The molecular weight excluding hydrogens is 252 g/mol. The van der Waals surface area contributed by atoms with Gasteiger partial charge in [0, 0.05) is 18.2 Å². The lowest BCUT2D eigenvalue weighted by molar-refractivity contribution is 0.0934. The minimum atomic E-state index is -0.229. The van der Waals surface area contributed by atoms with Gasteiger partial charge in [-0.3, -0.25) is 4.79 Å². The third kappa shape index (κ3) is 4.20. The van der Waals surface area contributed by atoms with Gasteiger partial charge in [-0.2, -0.15) is 0 Å². The Morgan fingerprint density at radius 3 is 2.67 bits per heavy atom. The molecule has 0 saturated carbocycles. The number of carbonyl (C=O) groups excluding carboxylic acids is 1. The minimum Gasteiger partial charge on any atom is -0.506 e. The number of halogens is 1. The summed E-state index contributed by atoms with van der Waals surface area (Å²) in [5.41, 5.74) is 6.04. The first-order valence-electron chi connectivity index (χ1n) is 5.93. The Bertz CT molecular complexity index is 421. The van der Waals surface area contributed by atoms with Crippen molar-refractivity contribution in [1.82, 2.24) is 5.32 Å². The molecule has 1 rings (SSSR count). The van der Waals surface area contributed by atoms with Crippen LogP contribution in [0, 0.1) is 5.92 Å². The van der Waals surface area contributed by atoms with Gasteiger partial charge in [0.05, 0.1) is 5.02 Å². The fraction of sp³-hybridized carbons (Fsp3) is 0.462. The summed E-state index contributed by atoms with van der Waals surface area (Å²) in [5.74, 6) is 0.195. The Hall–Kier alpha value is -1.26. The number of phenols is 1. The number of nitrogens with one attached hydrogen (secondary N) is 1. The van der Waals surface area contributed by atoms with Gasteiger partial charge in [-0.1, -0.05) is 25.4 Å². The summed E-state index contributed by atoms with van der Waals surface area (Å²) >= 11 is 5.76. The van der Waals surface area contributed by atoms with E-state index in [4.69, 9.17) is 17.3 Å². The van der Waals surface area contributed by atoms with Crippen LogP contribution in [0.4, 0.5) is 0 Å². The van der Waals surface area contributed by atoms with Crippen LogP contribution in [-0.2, 0) is 0 Å². The van der Waals surface area contributed by atoms with Gasteiger partial charge in [0.15, 0.2) is 0 Å². The van der Waals surface area contributed by atoms with Crippen LogP contribution in [0.2, 0.25) is 5.02 Å². The fourth-order valence-electron chi connectivity index (χ4n) is 1.70. The Balaban J connectivity index is 2.71. The van der Waals surface area contributed by atoms with E-state index in [-0.39, 0.29) is 22.7 Å². The van der Waals surface area contributed by atoms with E-state index in [1.807, 2.05) is 0 Å². The number of carbonyl (C=O) groups is 1. The molecule has 1 atom stereocenters. The van der Waals surface area contributed by atoms with Crippen LogP contribution in [-0.4, -0.2) is 23.6 Å². The largest absolute Gasteiger partial charge is 0.506 e. The van der Waals surface area contributed by atoms with Crippen LogP contribution in [0.3, 0.4) is 0 Å². The molecule has 1 aromatic carbocycles. The van der Waals surface area contributed by atoms with Crippen molar-refractivity contribution in [3.05, 3.63) is 28.8 Å². The highest BCUT2D eigenvalue weighted by molar-refractivity contribution is 6.32. The smallest absolute Gasteiger partial charge is 0.251 e. The minimum absolute atomic E-state index is 0.0363. The van der Waals surface area contributed by atoms with Gasteiger partial charge in [0.1, 0.15) is 5.75 Å². The SMILES string of the molecule is CC(C)CC(CN)NC(=O)c1ccc(O)c(Cl)c1. The van der Waals surface area contributed by atoms with E-state index >= 15 is 0 Å². The Labute approximate surface area is 112 Å². The van der Waals surface area contributed by atoms with Crippen LogP contribution in [0.1, 0.15) is 30.6 Å². The number of rotatable bonds is 5. The van der Waals surface area contributed by atoms with E-state index in [9.17, 15) is 9.90 Å². The van der Waals surface area contributed by atoms with E-state index in [0.717, 1.165) is 6.42 Å². The first-order valence-corrected chi connectivity index (χ1v) is 6.31. The molecule has 0 saturated heterocycles. The monoisotopic (exact) mass is 270 g/mol. The van der Waals surface area contributed by atoms with E-state index in [1.54, 1.807) is 0 Å². The standard InChI is InChI=1S/C13H19ClN2O2/c1-8(2)5-10(7-15)16-13(18)9-3-4-12(17)11(14)6-9/h3-4,6,8,10,17H,5,7,15H2,1-2H3,(H,16,18). The summed E-state index contributed by atoms with van der Waals surface area (Å²) < 4.78 is 0. The normalized spacial score (nSPS) is 12.5. The molecule has 18 heavy (non-hydrogen) atoms. The molecule has 0 aliphatic heterocycles. The summed E-state index contributed by atoms with van der Waals surface area (Å²) in [5, 5.41) is 12.3. The number of amides is 1. The van der Waals surface area contributed by atoms with E-state index in [0.29, 0.717) is 18.0 Å². The molecule has 1 aromatic rings. The molecule has 0 heterocycles. The number of aromatic hydroxyl groups is 1. The van der Waals surface area contributed by atoms with E-state index < -0.39 is 0 Å².